The quantitative estimate of drug-likeness (QED) is 0.775. The highest BCUT2D eigenvalue weighted by Crippen LogP contribution is 2.26. The van der Waals surface area contributed by atoms with E-state index in [1.54, 1.807) is 0 Å². The molecule has 0 bridgehead atoms. The highest BCUT2D eigenvalue weighted by Gasteiger charge is 2.24. The van der Waals surface area contributed by atoms with E-state index >= 15 is 0 Å². The summed E-state index contributed by atoms with van der Waals surface area (Å²) < 4.78 is 0. The van der Waals surface area contributed by atoms with Crippen molar-refractivity contribution in [2.75, 3.05) is 5.73 Å². The number of benzene rings is 1. The Balaban J connectivity index is 1.86. The summed E-state index contributed by atoms with van der Waals surface area (Å²) in [4.78, 5) is 0. The number of halogens is 1. The van der Waals surface area contributed by atoms with E-state index in [9.17, 15) is 0 Å². The van der Waals surface area contributed by atoms with Gasteiger partial charge in [0.25, 0.3) is 0 Å². The topological polar surface area (TPSA) is 38.0 Å². The lowest BCUT2D eigenvalue weighted by Crippen LogP contribution is -2.39. The highest BCUT2D eigenvalue weighted by molar-refractivity contribution is 6.33. The first-order valence-electron chi connectivity index (χ1n) is 5.42. The third-order valence-electron chi connectivity index (χ3n) is 3.03. The average Bonchev–Trinajstić information content (AvgIpc) is 2.16. The molecule has 1 saturated carbocycles. The number of rotatable bonds is 3. The second kappa shape index (κ2) is 4.42. The van der Waals surface area contributed by atoms with Crippen molar-refractivity contribution in [3.63, 3.8) is 0 Å². The van der Waals surface area contributed by atoms with E-state index in [2.05, 4.69) is 12.2 Å². The number of nitrogen functional groups attached to an aromatic ring is 1. The van der Waals surface area contributed by atoms with Gasteiger partial charge in [-0.3, -0.25) is 0 Å². The van der Waals surface area contributed by atoms with E-state index in [1.165, 1.54) is 18.4 Å². The zero-order valence-corrected chi connectivity index (χ0v) is 9.72. The van der Waals surface area contributed by atoms with Crippen LogP contribution in [0.25, 0.3) is 0 Å². The van der Waals surface area contributed by atoms with Gasteiger partial charge in [0.2, 0.25) is 0 Å². The summed E-state index contributed by atoms with van der Waals surface area (Å²) in [6.45, 7) is 3.18. The van der Waals surface area contributed by atoms with Gasteiger partial charge in [-0.25, -0.2) is 0 Å². The van der Waals surface area contributed by atoms with Gasteiger partial charge in [-0.05, 0) is 36.5 Å². The molecule has 3 heteroatoms. The lowest BCUT2D eigenvalue weighted by atomic mass is 9.82. The van der Waals surface area contributed by atoms with Crippen molar-refractivity contribution in [1.82, 2.24) is 5.32 Å². The van der Waals surface area contributed by atoms with Crippen molar-refractivity contribution in [3.05, 3.63) is 28.8 Å². The fraction of sp³-hybridized carbons (Fsp3) is 0.500. The zero-order valence-electron chi connectivity index (χ0n) is 8.96. The molecule has 2 nitrogen and oxygen atoms in total. The smallest absolute Gasteiger partial charge is 0.0635 e. The van der Waals surface area contributed by atoms with E-state index in [1.807, 2.05) is 18.2 Å². The monoisotopic (exact) mass is 224 g/mol. The lowest BCUT2D eigenvalue weighted by molar-refractivity contribution is 0.240. The SMILES string of the molecule is CC1CC(NCc2ccc(Cl)c(N)c2)C1. The Morgan fingerprint density at radius 1 is 1.47 bits per heavy atom. The average molecular weight is 225 g/mol. The fourth-order valence-corrected chi connectivity index (χ4v) is 2.15. The summed E-state index contributed by atoms with van der Waals surface area (Å²) in [5.41, 5.74) is 7.61. The van der Waals surface area contributed by atoms with E-state index in [0.717, 1.165) is 12.5 Å². The van der Waals surface area contributed by atoms with Crippen molar-refractivity contribution >= 4 is 17.3 Å². The van der Waals surface area contributed by atoms with E-state index in [-0.39, 0.29) is 0 Å². The zero-order chi connectivity index (χ0) is 10.8. The molecule has 0 aliphatic heterocycles. The number of anilines is 1. The molecule has 0 unspecified atom stereocenters. The molecule has 0 aromatic heterocycles. The van der Waals surface area contributed by atoms with Crippen LogP contribution in [0.15, 0.2) is 18.2 Å². The van der Waals surface area contributed by atoms with Crippen LogP contribution in [0.3, 0.4) is 0 Å². The van der Waals surface area contributed by atoms with Gasteiger partial charge < -0.3 is 11.1 Å². The van der Waals surface area contributed by atoms with Crippen LogP contribution in [0.5, 0.6) is 0 Å². The van der Waals surface area contributed by atoms with Gasteiger partial charge in [-0.1, -0.05) is 24.6 Å². The Morgan fingerprint density at radius 2 is 2.20 bits per heavy atom. The molecule has 15 heavy (non-hydrogen) atoms. The van der Waals surface area contributed by atoms with Crippen LogP contribution >= 0.6 is 11.6 Å². The van der Waals surface area contributed by atoms with Gasteiger partial charge in [0, 0.05) is 12.6 Å². The molecule has 0 radical (unpaired) electrons. The molecule has 82 valence electrons. The minimum absolute atomic E-state index is 0.635. The largest absolute Gasteiger partial charge is 0.398 e. The molecule has 0 heterocycles. The van der Waals surface area contributed by atoms with Crippen LogP contribution in [0.4, 0.5) is 5.69 Å². The Hall–Kier alpha value is -0.730. The molecule has 1 fully saturated rings. The summed E-state index contributed by atoms with van der Waals surface area (Å²) in [7, 11) is 0. The first-order valence-corrected chi connectivity index (χ1v) is 5.80. The second-order valence-electron chi connectivity index (χ2n) is 4.51. The normalized spacial score (nSPS) is 24.9. The van der Waals surface area contributed by atoms with E-state index < -0.39 is 0 Å². The van der Waals surface area contributed by atoms with Crippen LogP contribution in [-0.4, -0.2) is 6.04 Å². The molecule has 0 spiro atoms. The van der Waals surface area contributed by atoms with Crippen molar-refractivity contribution in [1.29, 1.82) is 0 Å². The molecule has 1 aromatic carbocycles. The van der Waals surface area contributed by atoms with Gasteiger partial charge in [0.15, 0.2) is 0 Å². The molecular weight excluding hydrogens is 208 g/mol. The van der Waals surface area contributed by atoms with E-state index in [0.29, 0.717) is 16.8 Å². The minimum Gasteiger partial charge on any atom is -0.398 e. The maximum atomic E-state index is 5.86. The Bertz CT molecular complexity index is 345. The number of hydrogen-bond acceptors (Lipinski definition) is 2. The maximum absolute atomic E-state index is 5.86. The third kappa shape index (κ3) is 2.64. The molecule has 3 N–H and O–H groups in total. The first-order chi connectivity index (χ1) is 7.15. The van der Waals surface area contributed by atoms with Crippen molar-refractivity contribution in [3.8, 4) is 0 Å². The molecular formula is C12H17ClN2. The molecule has 2 rings (SSSR count). The molecule has 1 aliphatic carbocycles. The molecule has 0 atom stereocenters. The van der Waals surface area contributed by atoms with Crippen LogP contribution in [0.2, 0.25) is 5.02 Å². The summed E-state index contributed by atoms with van der Waals surface area (Å²) >= 11 is 5.86. The van der Waals surface area contributed by atoms with Gasteiger partial charge in [0.1, 0.15) is 0 Å². The van der Waals surface area contributed by atoms with Crippen LogP contribution in [0, 0.1) is 5.92 Å². The van der Waals surface area contributed by atoms with Crippen molar-refractivity contribution in [2.45, 2.75) is 32.4 Å². The van der Waals surface area contributed by atoms with Crippen molar-refractivity contribution in [2.24, 2.45) is 5.92 Å². The second-order valence-corrected chi connectivity index (χ2v) is 4.92. The maximum Gasteiger partial charge on any atom is 0.0635 e. The Labute approximate surface area is 95.8 Å². The number of hydrogen-bond donors (Lipinski definition) is 2. The van der Waals surface area contributed by atoms with Crippen LogP contribution in [0.1, 0.15) is 25.3 Å². The predicted octanol–water partition coefficient (Wildman–Crippen LogP) is 2.81. The standard InChI is InChI=1S/C12H17ClN2/c1-8-4-10(5-8)15-7-9-2-3-11(13)12(14)6-9/h2-3,6,8,10,15H,4-5,7,14H2,1H3. The van der Waals surface area contributed by atoms with Crippen molar-refractivity contribution < 1.29 is 0 Å². The molecule has 1 aromatic rings. The van der Waals surface area contributed by atoms with Crippen LogP contribution < -0.4 is 11.1 Å². The predicted molar refractivity (Wildman–Crippen MR) is 64.9 cm³/mol. The van der Waals surface area contributed by atoms with E-state index in [4.69, 9.17) is 17.3 Å². The highest BCUT2D eigenvalue weighted by atomic mass is 35.5. The van der Waals surface area contributed by atoms with Gasteiger partial charge in [-0.15, -0.1) is 0 Å². The van der Waals surface area contributed by atoms with Gasteiger partial charge in [-0.2, -0.15) is 0 Å². The molecule has 0 saturated heterocycles. The number of nitrogens with two attached hydrogens (primary N) is 1. The summed E-state index contributed by atoms with van der Waals surface area (Å²) in [6.07, 6.45) is 2.59. The minimum atomic E-state index is 0.635. The third-order valence-corrected chi connectivity index (χ3v) is 3.37. The number of nitrogens with one attached hydrogen (secondary N) is 1. The molecule has 1 aliphatic rings. The van der Waals surface area contributed by atoms with Crippen LogP contribution in [-0.2, 0) is 6.54 Å². The fourth-order valence-electron chi connectivity index (χ4n) is 2.03. The summed E-state index contributed by atoms with van der Waals surface area (Å²) in [5, 5.41) is 4.15. The summed E-state index contributed by atoms with van der Waals surface area (Å²) in [6, 6.07) is 6.51. The first kappa shape index (κ1) is 10.8. The Kier molecular flexibility index (Phi) is 3.17. The molecule has 0 amide bonds. The Morgan fingerprint density at radius 3 is 2.80 bits per heavy atom. The van der Waals surface area contributed by atoms with Gasteiger partial charge >= 0.3 is 0 Å². The lowest BCUT2D eigenvalue weighted by Gasteiger charge is -2.33. The summed E-state index contributed by atoms with van der Waals surface area (Å²) in [5.74, 6) is 0.887. The van der Waals surface area contributed by atoms with Gasteiger partial charge in [0.05, 0.1) is 10.7 Å².